The van der Waals surface area contributed by atoms with Crippen LogP contribution in [0.2, 0.25) is 0 Å². The highest BCUT2D eigenvalue weighted by Crippen LogP contribution is 2.10. The van der Waals surface area contributed by atoms with Crippen molar-refractivity contribution in [1.82, 2.24) is 15.5 Å². The molecule has 0 saturated carbocycles. The molecule has 0 radical (unpaired) electrons. The average Bonchev–Trinajstić information content (AvgIpc) is 2.65. The molecular weight excluding hydrogens is 230 g/mol. The largest absolute Gasteiger partial charge is 0.356 e. The van der Waals surface area contributed by atoms with Crippen molar-refractivity contribution in [2.24, 2.45) is 0 Å². The molecule has 0 aliphatic carbocycles. The van der Waals surface area contributed by atoms with Crippen LogP contribution in [0.1, 0.15) is 38.5 Å². The highest BCUT2D eigenvalue weighted by atomic mass is 16.2. The maximum atomic E-state index is 11.9. The zero-order valence-electron chi connectivity index (χ0n) is 11.3. The number of rotatable bonds is 6. The molecular formula is C13H25N3O2. The van der Waals surface area contributed by atoms with E-state index in [9.17, 15) is 9.59 Å². The van der Waals surface area contributed by atoms with Crippen LogP contribution in [-0.4, -0.2) is 49.9 Å². The fraction of sp³-hybridized carbons (Fsp3) is 0.846. The van der Waals surface area contributed by atoms with Gasteiger partial charge in [0.2, 0.25) is 11.8 Å². The maximum absolute atomic E-state index is 11.9. The van der Waals surface area contributed by atoms with Crippen LogP contribution in [0.3, 0.4) is 0 Å². The lowest BCUT2D eigenvalue weighted by Gasteiger charge is -2.20. The topological polar surface area (TPSA) is 61.4 Å². The molecule has 1 aliphatic rings. The number of nitrogens with one attached hydrogen (secondary N) is 2. The molecule has 1 heterocycles. The van der Waals surface area contributed by atoms with E-state index in [-0.39, 0.29) is 11.8 Å². The van der Waals surface area contributed by atoms with Gasteiger partial charge < -0.3 is 15.5 Å². The third-order valence-corrected chi connectivity index (χ3v) is 3.22. The van der Waals surface area contributed by atoms with Gasteiger partial charge in [-0.15, -0.1) is 0 Å². The molecule has 0 bridgehead atoms. The maximum Gasteiger partial charge on any atom is 0.224 e. The molecule has 0 aromatic heterocycles. The minimum Gasteiger partial charge on any atom is -0.356 e. The van der Waals surface area contributed by atoms with Gasteiger partial charge in [0.05, 0.1) is 0 Å². The number of likely N-dealkylation sites (tertiary alicyclic amines) is 1. The monoisotopic (exact) mass is 255 g/mol. The molecule has 104 valence electrons. The summed E-state index contributed by atoms with van der Waals surface area (Å²) in [5.74, 6) is 0.179. The number of amides is 2. The molecule has 0 spiro atoms. The van der Waals surface area contributed by atoms with E-state index in [1.54, 1.807) is 0 Å². The van der Waals surface area contributed by atoms with Crippen LogP contribution in [0.5, 0.6) is 0 Å². The van der Waals surface area contributed by atoms with Gasteiger partial charge in [0.15, 0.2) is 0 Å². The van der Waals surface area contributed by atoms with Gasteiger partial charge >= 0.3 is 0 Å². The van der Waals surface area contributed by atoms with Gasteiger partial charge in [0.1, 0.15) is 0 Å². The minimum atomic E-state index is 0.00742. The predicted molar refractivity (Wildman–Crippen MR) is 71.2 cm³/mol. The molecule has 2 amide bonds. The number of carbonyl (C=O) groups excluding carboxylic acids is 2. The molecule has 5 heteroatoms. The van der Waals surface area contributed by atoms with E-state index in [0.29, 0.717) is 25.9 Å². The Hall–Kier alpha value is -1.10. The molecule has 0 atom stereocenters. The van der Waals surface area contributed by atoms with E-state index in [1.807, 2.05) is 11.9 Å². The summed E-state index contributed by atoms with van der Waals surface area (Å²) in [5, 5.41) is 5.70. The smallest absolute Gasteiger partial charge is 0.224 e. The first-order chi connectivity index (χ1) is 8.74. The first kappa shape index (κ1) is 15.0. The highest BCUT2D eigenvalue weighted by Gasteiger charge is 2.14. The highest BCUT2D eigenvalue weighted by molar-refractivity contribution is 5.79. The van der Waals surface area contributed by atoms with E-state index in [2.05, 4.69) is 10.6 Å². The second-order valence-corrected chi connectivity index (χ2v) is 4.75. The molecule has 0 aromatic rings. The fourth-order valence-corrected chi connectivity index (χ4v) is 2.11. The molecule has 5 nitrogen and oxygen atoms in total. The van der Waals surface area contributed by atoms with Crippen LogP contribution >= 0.6 is 0 Å². The quantitative estimate of drug-likeness (QED) is 0.727. The normalized spacial score (nSPS) is 16.2. The standard InChI is InChI=1S/C13H25N3O2/c1-14-8-6-12(17)15-9-7-13(18)16-10-4-2-3-5-11-16/h14H,2-11H2,1H3,(H,15,17). The summed E-state index contributed by atoms with van der Waals surface area (Å²) < 4.78 is 0. The van der Waals surface area contributed by atoms with Crippen LogP contribution < -0.4 is 10.6 Å². The summed E-state index contributed by atoms with van der Waals surface area (Å²) in [6.07, 6.45) is 5.56. The van der Waals surface area contributed by atoms with Crippen LogP contribution in [0.15, 0.2) is 0 Å². The van der Waals surface area contributed by atoms with Gasteiger partial charge in [0.25, 0.3) is 0 Å². The van der Waals surface area contributed by atoms with Gasteiger partial charge in [-0.05, 0) is 19.9 Å². The first-order valence-electron chi connectivity index (χ1n) is 6.93. The fourth-order valence-electron chi connectivity index (χ4n) is 2.11. The van der Waals surface area contributed by atoms with E-state index in [1.165, 1.54) is 12.8 Å². The third-order valence-electron chi connectivity index (χ3n) is 3.22. The van der Waals surface area contributed by atoms with E-state index in [4.69, 9.17) is 0 Å². The van der Waals surface area contributed by atoms with Gasteiger partial charge in [-0.25, -0.2) is 0 Å². The van der Waals surface area contributed by atoms with Crippen molar-refractivity contribution in [3.63, 3.8) is 0 Å². The zero-order chi connectivity index (χ0) is 13.2. The van der Waals surface area contributed by atoms with E-state index >= 15 is 0 Å². The lowest BCUT2D eigenvalue weighted by atomic mass is 10.2. The number of hydrogen-bond donors (Lipinski definition) is 2. The number of nitrogens with zero attached hydrogens (tertiary/aromatic N) is 1. The molecule has 1 aliphatic heterocycles. The second kappa shape index (κ2) is 8.91. The minimum absolute atomic E-state index is 0.00742. The molecule has 1 saturated heterocycles. The summed E-state index contributed by atoms with van der Waals surface area (Å²) in [6, 6.07) is 0. The van der Waals surface area contributed by atoms with Crippen molar-refractivity contribution in [2.45, 2.75) is 38.5 Å². The van der Waals surface area contributed by atoms with Gasteiger partial charge in [-0.2, -0.15) is 0 Å². The lowest BCUT2D eigenvalue weighted by molar-refractivity contribution is -0.131. The number of hydrogen-bond acceptors (Lipinski definition) is 3. The molecule has 0 unspecified atom stereocenters. The van der Waals surface area contributed by atoms with Gasteiger partial charge in [-0.1, -0.05) is 12.8 Å². The zero-order valence-corrected chi connectivity index (χ0v) is 11.3. The summed E-state index contributed by atoms with van der Waals surface area (Å²) >= 11 is 0. The first-order valence-corrected chi connectivity index (χ1v) is 6.93. The van der Waals surface area contributed by atoms with Crippen molar-refractivity contribution in [2.75, 3.05) is 33.2 Å². The van der Waals surface area contributed by atoms with Crippen molar-refractivity contribution in [1.29, 1.82) is 0 Å². The molecule has 1 rings (SSSR count). The Morgan fingerprint density at radius 2 is 1.67 bits per heavy atom. The van der Waals surface area contributed by atoms with Gasteiger partial charge in [0, 0.05) is 39.0 Å². The summed E-state index contributed by atoms with van der Waals surface area (Å²) in [7, 11) is 1.82. The summed E-state index contributed by atoms with van der Waals surface area (Å²) in [6.45, 7) is 2.89. The Bertz CT molecular complexity index is 261. The summed E-state index contributed by atoms with van der Waals surface area (Å²) in [5.41, 5.74) is 0. The Morgan fingerprint density at radius 3 is 2.28 bits per heavy atom. The molecule has 1 fully saturated rings. The number of carbonyl (C=O) groups is 2. The van der Waals surface area contributed by atoms with E-state index in [0.717, 1.165) is 25.9 Å². The van der Waals surface area contributed by atoms with E-state index < -0.39 is 0 Å². The van der Waals surface area contributed by atoms with Crippen LogP contribution in [-0.2, 0) is 9.59 Å². The second-order valence-electron chi connectivity index (χ2n) is 4.75. The van der Waals surface area contributed by atoms with Crippen molar-refractivity contribution in [3.8, 4) is 0 Å². The van der Waals surface area contributed by atoms with Crippen molar-refractivity contribution < 1.29 is 9.59 Å². The Balaban J connectivity index is 2.13. The average molecular weight is 255 g/mol. The van der Waals surface area contributed by atoms with Crippen LogP contribution in [0, 0.1) is 0 Å². The SMILES string of the molecule is CNCCC(=O)NCCC(=O)N1CCCCCC1. The Kier molecular flexibility index (Phi) is 7.41. The molecule has 2 N–H and O–H groups in total. The lowest BCUT2D eigenvalue weighted by Crippen LogP contribution is -2.35. The Labute approximate surface area is 109 Å². The Morgan fingerprint density at radius 1 is 1.00 bits per heavy atom. The predicted octanol–water partition coefficient (Wildman–Crippen LogP) is 0.505. The third kappa shape index (κ3) is 6.00. The van der Waals surface area contributed by atoms with Crippen LogP contribution in [0.25, 0.3) is 0 Å². The van der Waals surface area contributed by atoms with Crippen molar-refractivity contribution in [3.05, 3.63) is 0 Å². The molecule has 0 aromatic carbocycles. The molecule has 18 heavy (non-hydrogen) atoms. The van der Waals surface area contributed by atoms with Crippen molar-refractivity contribution >= 4 is 11.8 Å². The van der Waals surface area contributed by atoms with Gasteiger partial charge in [-0.3, -0.25) is 9.59 Å². The summed E-state index contributed by atoms with van der Waals surface area (Å²) in [4.78, 5) is 25.2. The van der Waals surface area contributed by atoms with Crippen LogP contribution in [0.4, 0.5) is 0 Å².